The normalized spacial score (nSPS) is 17.6. The van der Waals surface area contributed by atoms with Crippen molar-refractivity contribution in [2.45, 2.75) is 244 Å². The molecule has 2 aliphatic rings. The molecule has 2 saturated heterocycles. The van der Waals surface area contributed by atoms with E-state index in [-0.39, 0.29) is 120 Å². The number of nitrogens with zero attached hydrogens (tertiary/aromatic N) is 4. The number of nitrogens with two attached hydrogens (primary N) is 1. The number of carbonyl (C=O) groups excluding carboxylic acids is 13. The van der Waals surface area contributed by atoms with Gasteiger partial charge in [-0.3, -0.25) is 57.7 Å². The van der Waals surface area contributed by atoms with Gasteiger partial charge in [0.25, 0.3) is 0 Å². The zero-order valence-electron chi connectivity index (χ0n) is 70.6. The monoisotopic (exact) mass is 1650 g/mol. The lowest BCUT2D eigenvalue weighted by Crippen LogP contribution is -2.60. The summed E-state index contributed by atoms with van der Waals surface area (Å²) in [4.78, 5) is 180. The number of anilines is 1. The highest BCUT2D eigenvalue weighted by molar-refractivity contribution is 8.00. The van der Waals surface area contributed by atoms with Gasteiger partial charge in [0.2, 0.25) is 59.1 Å². The minimum atomic E-state index is -1.16. The van der Waals surface area contributed by atoms with Crippen molar-refractivity contribution in [2.75, 3.05) is 92.4 Å². The van der Waals surface area contributed by atoms with Crippen molar-refractivity contribution in [3.8, 4) is 0 Å². The molecule has 0 aromatic heterocycles. The van der Waals surface area contributed by atoms with Crippen molar-refractivity contribution in [2.24, 2.45) is 35.3 Å². The SMILES string of the molecule is CCC(CO)OC(COC(=O)NCCC(=O)NCCSC1CC(=O)N(CCCCCC(=O)N[C@H](C(=O)N[C@@H](CCCNC(N)=O)C(=O)Nc2ccc(COC(=O)N(C)[C@H](C(=O)N[C@H](C(=O)N(C)[C@@H]([C@@H](C)CC)[C@@H](CC(=O)N3CCC[C@H]3[C@H](OC)[C@@H](C)C(=O)N[C@H](C)[C@@H](O)c3ccccc3)OC)C(C)C)C(C)C)cc2)C(C)C)C1=O)OC. The molecule has 652 valence electrons. The average Bonchev–Trinajstić information content (AvgIpc) is 1.57. The molecule has 2 fully saturated rings. The Kier molecular flexibility index (Phi) is 44.2. The standard InChI is InChI=1S/C81H131N13O21S/c1-17-51(9)70(60(110-14)43-64(98)93-41-26-30-59(93)72(112-16)52(10)73(101)86-53(11)71(100)55-27-21-19-22-28-55)91(12)78(106)68(49(5)6)90-76(104)69(50(7)8)92(13)81(109)114-46-54-32-34-56(35-33-54)87-74(102)58(29-25-37-84-79(82)107)88-75(103)67(48(3)4)89-63(97)31-23-20-24-40-94-65(99)44-61(77(94)105)116-42-39-83-62(96)36-38-85-80(108)113-47-66(111-15)115-57(18-2)45-95/h19,21-22,27-28,32-35,48-53,57-61,66-72,95,100H,17-18,20,23-26,29-31,36-47H2,1-16H3,(H,83,96)(H,85,108)(H,86,101)(H,87,102)(H,88,103)(H,89,97)(H,90,104)(H3,82,84,107)/t51-,52+,53+,57?,58-,59-,60+,61?,66?,67-,68-,69-,70-,71+,72+/m0/s1. The second-order valence-corrected chi connectivity index (χ2v) is 32.0. The number of hydrogen-bond donors (Lipinski definition) is 11. The van der Waals surface area contributed by atoms with Crippen LogP contribution in [0, 0.1) is 29.6 Å². The van der Waals surface area contributed by atoms with Gasteiger partial charge in [-0.25, -0.2) is 14.4 Å². The fraction of sp³-hybridized carbons (Fsp3) is 0.691. The number of benzene rings is 2. The van der Waals surface area contributed by atoms with Crippen LogP contribution in [0.1, 0.15) is 177 Å². The third-order valence-corrected chi connectivity index (χ3v) is 22.2. The first-order chi connectivity index (χ1) is 55.1. The Hall–Kier alpha value is -8.74. The summed E-state index contributed by atoms with van der Waals surface area (Å²) < 4.78 is 33.5. The summed E-state index contributed by atoms with van der Waals surface area (Å²) >= 11 is 1.24. The number of imide groups is 1. The number of rotatable bonds is 52. The quantitative estimate of drug-likeness (QED) is 0.0236. The molecule has 0 spiro atoms. The van der Waals surface area contributed by atoms with Crippen LogP contribution in [0.5, 0.6) is 0 Å². The van der Waals surface area contributed by atoms with Crippen molar-refractivity contribution in [1.29, 1.82) is 0 Å². The minimum absolute atomic E-state index is 0.00287. The summed E-state index contributed by atoms with van der Waals surface area (Å²) in [6.07, 6.45) is -1.62. The maximum Gasteiger partial charge on any atom is 0.410 e. The van der Waals surface area contributed by atoms with E-state index < -0.39 is 150 Å². The molecule has 2 heterocycles. The number of ether oxygens (including phenoxy) is 6. The van der Waals surface area contributed by atoms with Gasteiger partial charge in [-0.1, -0.05) is 125 Å². The number of methoxy groups -OCH3 is 3. The number of nitrogens with one attached hydrogen (secondary N) is 8. The number of carbonyl (C=O) groups is 13. The summed E-state index contributed by atoms with van der Waals surface area (Å²) in [5.41, 5.74) is 6.76. The number of alkyl carbamates (subject to hydrolysis) is 1. The van der Waals surface area contributed by atoms with Crippen LogP contribution in [0.15, 0.2) is 54.6 Å². The summed E-state index contributed by atoms with van der Waals surface area (Å²) in [6, 6.07) is 8.46. The molecule has 116 heavy (non-hydrogen) atoms. The number of likely N-dealkylation sites (N-methyl/N-ethyl adjacent to an activating group) is 2. The van der Waals surface area contributed by atoms with Crippen molar-refractivity contribution >= 4 is 94.7 Å². The van der Waals surface area contributed by atoms with Gasteiger partial charge in [-0.15, -0.1) is 11.8 Å². The van der Waals surface area contributed by atoms with E-state index in [4.69, 9.17) is 34.2 Å². The molecule has 0 saturated carbocycles. The van der Waals surface area contributed by atoms with Crippen molar-refractivity contribution in [3.63, 3.8) is 0 Å². The lowest BCUT2D eigenvalue weighted by atomic mass is 9.89. The van der Waals surface area contributed by atoms with Crippen LogP contribution in [-0.2, 0) is 83.0 Å². The van der Waals surface area contributed by atoms with E-state index in [2.05, 4.69) is 42.5 Å². The Morgan fingerprint density at radius 2 is 1.36 bits per heavy atom. The minimum Gasteiger partial charge on any atom is -0.445 e. The zero-order valence-corrected chi connectivity index (χ0v) is 71.4. The number of unbranched alkanes of at least 4 members (excludes halogenated alkanes) is 2. The lowest BCUT2D eigenvalue weighted by molar-refractivity contribution is -0.181. The lowest BCUT2D eigenvalue weighted by Gasteiger charge is -2.41. The third kappa shape index (κ3) is 31.9. The highest BCUT2D eigenvalue weighted by Gasteiger charge is 2.45. The van der Waals surface area contributed by atoms with E-state index in [1.807, 2.05) is 39.0 Å². The van der Waals surface area contributed by atoms with Crippen LogP contribution >= 0.6 is 11.8 Å². The van der Waals surface area contributed by atoms with Crippen molar-refractivity contribution in [3.05, 3.63) is 65.7 Å². The molecule has 12 N–H and O–H groups in total. The number of thioether (sulfide) groups is 1. The molecule has 0 bridgehead atoms. The Balaban J connectivity index is 1.28. The van der Waals surface area contributed by atoms with Gasteiger partial charge in [-0.2, -0.15) is 0 Å². The summed E-state index contributed by atoms with van der Waals surface area (Å²) in [7, 11) is 7.42. The number of aliphatic hydroxyl groups is 2. The van der Waals surface area contributed by atoms with Gasteiger partial charge < -0.3 is 96.7 Å². The Bertz CT molecular complexity index is 3470. The first-order valence-electron chi connectivity index (χ1n) is 40.4. The smallest absolute Gasteiger partial charge is 0.410 e. The number of amides is 14. The average molecular weight is 1660 g/mol. The highest BCUT2D eigenvalue weighted by Crippen LogP contribution is 2.32. The summed E-state index contributed by atoms with van der Waals surface area (Å²) in [6.45, 7) is 19.9. The highest BCUT2D eigenvalue weighted by atomic mass is 32.2. The molecule has 2 aliphatic heterocycles. The van der Waals surface area contributed by atoms with Gasteiger partial charge >= 0.3 is 18.2 Å². The van der Waals surface area contributed by atoms with Crippen LogP contribution in [0.2, 0.25) is 0 Å². The molecule has 3 unspecified atom stereocenters. The number of urea groups is 1. The molecular formula is C81H131N13O21S. The van der Waals surface area contributed by atoms with Crippen molar-refractivity contribution < 1.29 is 101 Å². The Labute approximate surface area is 687 Å². The van der Waals surface area contributed by atoms with E-state index in [9.17, 15) is 72.5 Å². The molecule has 0 aliphatic carbocycles. The molecule has 34 nitrogen and oxygen atoms in total. The fourth-order valence-corrected chi connectivity index (χ4v) is 15.1. The van der Waals surface area contributed by atoms with Gasteiger partial charge in [0.1, 0.15) is 37.4 Å². The molecule has 15 atom stereocenters. The number of likely N-dealkylation sites (tertiary alicyclic amines) is 2. The van der Waals surface area contributed by atoms with Gasteiger partial charge in [-0.05, 0) is 98.8 Å². The van der Waals surface area contributed by atoms with Crippen LogP contribution in [0.4, 0.5) is 20.1 Å². The summed E-state index contributed by atoms with van der Waals surface area (Å²) in [5, 5.41) is 41.6. The van der Waals surface area contributed by atoms with Crippen molar-refractivity contribution in [1.82, 2.24) is 56.8 Å². The third-order valence-electron chi connectivity index (χ3n) is 21.0. The van der Waals surface area contributed by atoms with E-state index in [0.717, 1.165) is 4.90 Å². The maximum absolute atomic E-state index is 14.9. The fourth-order valence-electron chi connectivity index (χ4n) is 14.0. The van der Waals surface area contributed by atoms with E-state index in [0.29, 0.717) is 74.1 Å². The Morgan fingerprint density at radius 3 is 1.97 bits per heavy atom. The van der Waals surface area contributed by atoms with Gasteiger partial charge in [0.15, 0.2) is 6.29 Å². The molecule has 2 aromatic rings. The summed E-state index contributed by atoms with van der Waals surface area (Å²) in [5.74, 6) is -6.22. The zero-order chi connectivity index (χ0) is 86.5. The first kappa shape index (κ1) is 99.6. The van der Waals surface area contributed by atoms with Crippen LogP contribution in [0.3, 0.4) is 0 Å². The second kappa shape index (κ2) is 51.5. The van der Waals surface area contributed by atoms with E-state index in [1.54, 1.807) is 109 Å². The van der Waals surface area contributed by atoms with Crippen LogP contribution < -0.4 is 48.3 Å². The molecule has 0 radical (unpaired) electrons. The number of aliphatic hydroxyl groups excluding tert-OH is 2. The Morgan fingerprint density at radius 1 is 0.681 bits per heavy atom. The molecule has 4 rings (SSSR count). The largest absolute Gasteiger partial charge is 0.445 e. The van der Waals surface area contributed by atoms with Crippen LogP contribution in [0.25, 0.3) is 0 Å². The van der Waals surface area contributed by atoms with E-state index in [1.165, 1.54) is 45.0 Å². The predicted molar refractivity (Wildman–Crippen MR) is 435 cm³/mol. The molecule has 14 amide bonds. The molecule has 2 aromatic carbocycles. The van der Waals surface area contributed by atoms with Crippen LogP contribution in [-0.4, -0.2) is 266 Å². The topological polar surface area (TPSA) is 453 Å². The molecular weight excluding hydrogens is 1520 g/mol. The van der Waals surface area contributed by atoms with Gasteiger partial charge in [0, 0.05) is 98.9 Å². The second-order valence-electron chi connectivity index (χ2n) is 30.7. The molecule has 35 heteroatoms. The number of hydrogen-bond acceptors (Lipinski definition) is 22. The predicted octanol–water partition coefficient (Wildman–Crippen LogP) is 5.01. The maximum atomic E-state index is 14.9. The first-order valence-corrected chi connectivity index (χ1v) is 41.4. The van der Waals surface area contributed by atoms with E-state index >= 15 is 0 Å². The number of primary amides is 1. The van der Waals surface area contributed by atoms with Gasteiger partial charge in [0.05, 0.1) is 66.7 Å².